The van der Waals surface area contributed by atoms with Crippen molar-refractivity contribution < 1.29 is 22.3 Å². The minimum Gasteiger partial charge on any atom is -0.490 e. The predicted octanol–water partition coefficient (Wildman–Crippen LogP) is 4.67. The third-order valence-electron chi connectivity index (χ3n) is 5.10. The van der Waals surface area contributed by atoms with Gasteiger partial charge in [0.2, 0.25) is 0 Å². The number of halogens is 4. The number of alkyl halides is 3. The number of aromatic nitrogens is 1. The van der Waals surface area contributed by atoms with Crippen LogP contribution in [0.2, 0.25) is 0 Å². The maximum Gasteiger partial charge on any atom is 0.419 e. The lowest BCUT2D eigenvalue weighted by atomic mass is 9.89. The first-order chi connectivity index (χ1) is 13.8. The molecule has 4 nitrogen and oxygen atoms in total. The molecule has 0 saturated heterocycles. The van der Waals surface area contributed by atoms with Gasteiger partial charge in [0.05, 0.1) is 5.56 Å². The number of nitrogens with zero attached hydrogens (tertiary/aromatic N) is 1. The number of hydrogen-bond donors (Lipinski definition) is 2. The van der Waals surface area contributed by atoms with Gasteiger partial charge >= 0.3 is 6.18 Å². The number of rotatable bonds is 5. The molecule has 29 heavy (non-hydrogen) atoms. The first-order valence-electron chi connectivity index (χ1n) is 9.19. The Balaban J connectivity index is 1.33. The van der Waals surface area contributed by atoms with E-state index in [2.05, 4.69) is 10.3 Å². The molecule has 1 aromatic heterocycles. The van der Waals surface area contributed by atoms with Gasteiger partial charge in [0, 0.05) is 24.2 Å². The number of anilines is 1. The molecule has 1 saturated carbocycles. The summed E-state index contributed by atoms with van der Waals surface area (Å²) in [5.41, 5.74) is 5.56. The monoisotopic (exact) mass is 405 g/mol. The summed E-state index contributed by atoms with van der Waals surface area (Å²) < 4.78 is 57.4. The average molecular weight is 405 g/mol. The van der Waals surface area contributed by atoms with E-state index in [0.29, 0.717) is 31.3 Å². The Bertz CT molecular complexity index is 1030. The number of ether oxygens (including phenoxy) is 1. The molecule has 3 aromatic rings. The molecule has 152 valence electrons. The van der Waals surface area contributed by atoms with Crippen LogP contribution >= 0.6 is 0 Å². The fourth-order valence-electron chi connectivity index (χ4n) is 3.48. The van der Waals surface area contributed by atoms with Crippen molar-refractivity contribution in [1.29, 1.82) is 0 Å². The molecule has 0 unspecified atom stereocenters. The van der Waals surface area contributed by atoms with Crippen LogP contribution in [0.1, 0.15) is 24.0 Å². The number of nitrogen functional groups attached to an aromatic ring is 1. The maximum atomic E-state index is 13.4. The molecule has 3 N–H and O–H groups in total. The second-order valence-corrected chi connectivity index (χ2v) is 7.18. The fraction of sp³-hybridized carbons (Fsp3) is 0.286. The van der Waals surface area contributed by atoms with E-state index < -0.39 is 17.6 Å². The van der Waals surface area contributed by atoms with Crippen LogP contribution < -0.4 is 15.8 Å². The Hall–Kier alpha value is -2.87. The first kappa shape index (κ1) is 19.4. The molecule has 0 atom stereocenters. The number of nitrogens with two attached hydrogens (primary N) is 1. The van der Waals surface area contributed by atoms with E-state index in [-0.39, 0.29) is 17.9 Å². The van der Waals surface area contributed by atoms with Crippen molar-refractivity contribution in [3.8, 4) is 5.75 Å². The molecule has 4 rings (SSSR count). The highest BCUT2D eigenvalue weighted by molar-refractivity contribution is 5.86. The highest BCUT2D eigenvalue weighted by Crippen LogP contribution is 2.35. The quantitative estimate of drug-likeness (QED) is 0.606. The Morgan fingerprint density at radius 1 is 1.14 bits per heavy atom. The Morgan fingerprint density at radius 3 is 2.69 bits per heavy atom. The van der Waals surface area contributed by atoms with Crippen molar-refractivity contribution in [3.05, 3.63) is 65.6 Å². The Morgan fingerprint density at radius 2 is 1.93 bits per heavy atom. The summed E-state index contributed by atoms with van der Waals surface area (Å²) >= 11 is 0. The highest BCUT2D eigenvalue weighted by Gasteiger charge is 2.35. The fourth-order valence-corrected chi connectivity index (χ4v) is 3.48. The number of pyridine rings is 1. The highest BCUT2D eigenvalue weighted by atomic mass is 19.4. The molecular formula is C21H19F4N3O. The van der Waals surface area contributed by atoms with Crippen molar-refractivity contribution >= 4 is 16.6 Å². The van der Waals surface area contributed by atoms with Crippen LogP contribution in [0.15, 0.2) is 48.7 Å². The average Bonchev–Trinajstić information content (AvgIpc) is 2.64. The van der Waals surface area contributed by atoms with E-state index in [4.69, 9.17) is 10.5 Å². The van der Waals surface area contributed by atoms with E-state index in [1.807, 2.05) is 24.3 Å². The van der Waals surface area contributed by atoms with Gasteiger partial charge in [-0.15, -0.1) is 0 Å². The van der Waals surface area contributed by atoms with Gasteiger partial charge in [-0.3, -0.25) is 0 Å². The molecule has 0 spiro atoms. The molecule has 0 aliphatic heterocycles. The van der Waals surface area contributed by atoms with Crippen molar-refractivity contribution in [2.45, 2.75) is 37.7 Å². The third-order valence-corrected chi connectivity index (χ3v) is 5.10. The lowest BCUT2D eigenvalue weighted by Crippen LogP contribution is -2.46. The van der Waals surface area contributed by atoms with Gasteiger partial charge in [0.1, 0.15) is 23.5 Å². The summed E-state index contributed by atoms with van der Waals surface area (Å²) in [5.74, 6) is -0.817. The number of benzene rings is 2. The first-order valence-corrected chi connectivity index (χ1v) is 9.19. The lowest BCUT2D eigenvalue weighted by molar-refractivity contribution is -0.140. The van der Waals surface area contributed by atoms with Crippen molar-refractivity contribution in [3.63, 3.8) is 0 Å². The molecule has 0 radical (unpaired) electrons. The smallest absolute Gasteiger partial charge is 0.419 e. The lowest BCUT2D eigenvalue weighted by Gasteiger charge is -2.36. The molecule has 0 bridgehead atoms. The van der Waals surface area contributed by atoms with Crippen LogP contribution in [0, 0.1) is 5.82 Å². The van der Waals surface area contributed by atoms with E-state index >= 15 is 0 Å². The summed E-state index contributed by atoms with van der Waals surface area (Å²) in [6.07, 6.45) is -1.89. The van der Waals surface area contributed by atoms with E-state index in [9.17, 15) is 17.6 Å². The summed E-state index contributed by atoms with van der Waals surface area (Å²) in [5, 5.41) is 5.46. The van der Waals surface area contributed by atoms with E-state index in [1.54, 1.807) is 6.20 Å². The molecule has 8 heteroatoms. The number of fused-ring (bicyclic) bond motifs is 1. The zero-order valence-electron chi connectivity index (χ0n) is 15.3. The van der Waals surface area contributed by atoms with Crippen LogP contribution in [0.3, 0.4) is 0 Å². The maximum absolute atomic E-state index is 13.4. The number of hydrogen-bond acceptors (Lipinski definition) is 4. The van der Waals surface area contributed by atoms with Crippen LogP contribution in [-0.2, 0) is 12.7 Å². The van der Waals surface area contributed by atoms with Gasteiger partial charge in [-0.25, -0.2) is 9.37 Å². The van der Waals surface area contributed by atoms with Gasteiger partial charge in [0.25, 0.3) is 0 Å². The second kappa shape index (κ2) is 7.51. The zero-order chi connectivity index (χ0) is 20.6. The molecular weight excluding hydrogens is 386 g/mol. The normalized spacial score (nSPS) is 19.2. The minimum absolute atomic E-state index is 0.0270. The summed E-state index contributed by atoms with van der Waals surface area (Å²) in [6.45, 7) is 0.632. The molecule has 2 aromatic carbocycles. The topological polar surface area (TPSA) is 60.2 Å². The van der Waals surface area contributed by atoms with Crippen molar-refractivity contribution in [2.24, 2.45) is 0 Å². The van der Waals surface area contributed by atoms with Crippen molar-refractivity contribution in [2.75, 3.05) is 5.73 Å². The van der Waals surface area contributed by atoms with Gasteiger partial charge in [-0.1, -0.05) is 18.2 Å². The molecule has 1 fully saturated rings. The van der Waals surface area contributed by atoms with Crippen LogP contribution in [0.4, 0.5) is 23.4 Å². The standard InChI is InChI=1S/C21H19F4N3O/c22-19-5-4-15(8-18(19)21(23,24)25)29-16-6-14(7-16)27-10-12-2-1-3-13-11-28-20(26)9-17(12)13/h1-5,8-9,11,14,16,27H,6-7,10H2,(H2,26,28). The molecule has 1 heterocycles. The minimum atomic E-state index is -4.75. The van der Waals surface area contributed by atoms with Gasteiger partial charge in [-0.2, -0.15) is 13.2 Å². The summed E-state index contributed by atoms with van der Waals surface area (Å²) in [6, 6.07) is 10.7. The largest absolute Gasteiger partial charge is 0.490 e. The van der Waals surface area contributed by atoms with E-state index in [0.717, 1.165) is 22.4 Å². The predicted molar refractivity (Wildman–Crippen MR) is 102 cm³/mol. The SMILES string of the molecule is Nc1cc2c(CNC3CC(Oc4ccc(F)c(C(F)(F)F)c4)C3)cccc2cn1. The van der Waals surface area contributed by atoms with Crippen LogP contribution in [-0.4, -0.2) is 17.1 Å². The van der Waals surface area contributed by atoms with Gasteiger partial charge in [0.15, 0.2) is 0 Å². The number of nitrogens with one attached hydrogen (secondary N) is 1. The van der Waals surface area contributed by atoms with E-state index in [1.165, 1.54) is 6.07 Å². The zero-order valence-corrected chi connectivity index (χ0v) is 15.3. The summed E-state index contributed by atoms with van der Waals surface area (Å²) in [4.78, 5) is 4.09. The molecule has 1 aliphatic carbocycles. The van der Waals surface area contributed by atoms with Gasteiger partial charge < -0.3 is 15.8 Å². The molecule has 0 amide bonds. The van der Waals surface area contributed by atoms with Crippen LogP contribution in [0.5, 0.6) is 5.75 Å². The Kier molecular flexibility index (Phi) is 5.04. The second-order valence-electron chi connectivity index (χ2n) is 7.18. The van der Waals surface area contributed by atoms with Crippen molar-refractivity contribution in [1.82, 2.24) is 10.3 Å². The van der Waals surface area contributed by atoms with Crippen LogP contribution in [0.25, 0.3) is 10.8 Å². The van der Waals surface area contributed by atoms with Gasteiger partial charge in [-0.05, 0) is 48.1 Å². The Labute approximate surface area is 164 Å². The molecule has 1 aliphatic rings. The third kappa shape index (κ3) is 4.27. The summed E-state index contributed by atoms with van der Waals surface area (Å²) in [7, 11) is 0.